The van der Waals surface area contributed by atoms with Gasteiger partial charge in [-0.1, -0.05) is 44.2 Å². The van der Waals surface area contributed by atoms with Gasteiger partial charge < -0.3 is 15.0 Å². The molecule has 1 N–H and O–H groups in total. The second kappa shape index (κ2) is 9.33. The number of benzene rings is 2. The van der Waals surface area contributed by atoms with Gasteiger partial charge in [0.05, 0.1) is 23.6 Å². The lowest BCUT2D eigenvalue weighted by Gasteiger charge is -2.33. The molecule has 3 aromatic rings. The first-order valence-electron chi connectivity index (χ1n) is 11.1. The van der Waals surface area contributed by atoms with Crippen LogP contribution in [-0.2, 0) is 4.79 Å². The minimum Gasteiger partial charge on any atom is -0.475 e. The summed E-state index contributed by atoms with van der Waals surface area (Å²) in [5.41, 5.74) is 3.70. The average molecular weight is 419 g/mol. The Balaban J connectivity index is 1.56. The van der Waals surface area contributed by atoms with Crippen molar-refractivity contribution in [2.24, 2.45) is 5.92 Å². The summed E-state index contributed by atoms with van der Waals surface area (Å²) in [6, 6.07) is 15.8. The number of nitrogens with one attached hydrogen (secondary N) is 1. The molecule has 6 heteroatoms. The number of para-hydroxylation sites is 3. The monoisotopic (exact) mass is 418 g/mol. The molecule has 0 radical (unpaired) electrons. The predicted octanol–water partition coefficient (Wildman–Crippen LogP) is 5.01. The zero-order chi connectivity index (χ0) is 21.8. The van der Waals surface area contributed by atoms with Gasteiger partial charge in [0, 0.05) is 18.8 Å². The fourth-order valence-electron chi connectivity index (χ4n) is 4.15. The Hall–Kier alpha value is -3.15. The molecule has 0 saturated carbocycles. The zero-order valence-corrected chi connectivity index (χ0v) is 18.5. The highest BCUT2D eigenvalue weighted by atomic mass is 16.5. The zero-order valence-electron chi connectivity index (χ0n) is 18.5. The summed E-state index contributed by atoms with van der Waals surface area (Å²) in [5, 5.41) is 3.17. The van der Waals surface area contributed by atoms with Crippen LogP contribution in [0, 0.1) is 5.92 Å². The van der Waals surface area contributed by atoms with E-state index in [-0.39, 0.29) is 11.8 Å². The number of nitrogens with zero attached hydrogens (tertiary/aromatic N) is 3. The van der Waals surface area contributed by atoms with E-state index in [9.17, 15) is 4.79 Å². The third kappa shape index (κ3) is 4.63. The highest BCUT2D eigenvalue weighted by molar-refractivity contribution is 5.94. The van der Waals surface area contributed by atoms with Gasteiger partial charge >= 0.3 is 0 Å². The van der Waals surface area contributed by atoms with Gasteiger partial charge in [-0.3, -0.25) is 4.79 Å². The summed E-state index contributed by atoms with van der Waals surface area (Å²) >= 11 is 0. The number of amides is 1. The van der Waals surface area contributed by atoms with E-state index in [4.69, 9.17) is 9.72 Å². The molecule has 0 spiro atoms. The van der Waals surface area contributed by atoms with Crippen molar-refractivity contribution in [1.82, 2.24) is 9.97 Å². The Labute approximate surface area is 183 Å². The number of piperidine rings is 1. The van der Waals surface area contributed by atoms with E-state index >= 15 is 0 Å². The van der Waals surface area contributed by atoms with Gasteiger partial charge in [0.25, 0.3) is 5.88 Å². The smallest absolute Gasteiger partial charge is 0.258 e. The lowest BCUT2D eigenvalue weighted by atomic mass is 9.96. The van der Waals surface area contributed by atoms with Crippen molar-refractivity contribution in [2.75, 3.05) is 29.9 Å². The molecule has 6 nitrogen and oxygen atoms in total. The van der Waals surface area contributed by atoms with Crippen molar-refractivity contribution in [3.8, 4) is 5.88 Å². The molecule has 1 saturated heterocycles. The number of ether oxygens (including phenoxy) is 1. The molecule has 2 aromatic carbocycles. The molecular weight excluding hydrogens is 388 g/mol. The summed E-state index contributed by atoms with van der Waals surface area (Å²) in [5.74, 6) is 1.55. The first kappa shape index (κ1) is 21.1. The maximum atomic E-state index is 13.1. The third-order valence-electron chi connectivity index (χ3n) is 5.73. The lowest BCUT2D eigenvalue weighted by molar-refractivity contribution is -0.120. The number of carbonyl (C=O) groups is 1. The van der Waals surface area contributed by atoms with Crippen molar-refractivity contribution in [2.45, 2.75) is 39.5 Å². The minimum atomic E-state index is -0.114. The molecule has 0 unspecified atom stereocenters. The number of rotatable bonds is 6. The molecule has 1 fully saturated rings. The molecule has 2 heterocycles. The summed E-state index contributed by atoms with van der Waals surface area (Å²) in [4.78, 5) is 24.8. The topological polar surface area (TPSA) is 67.4 Å². The van der Waals surface area contributed by atoms with E-state index in [0.29, 0.717) is 24.9 Å². The number of hydrogen-bond donors (Lipinski definition) is 1. The van der Waals surface area contributed by atoms with Crippen LogP contribution in [0.5, 0.6) is 5.88 Å². The van der Waals surface area contributed by atoms with E-state index < -0.39 is 0 Å². The maximum absolute atomic E-state index is 13.1. The highest BCUT2D eigenvalue weighted by Crippen LogP contribution is 2.31. The Morgan fingerprint density at radius 2 is 1.84 bits per heavy atom. The summed E-state index contributed by atoms with van der Waals surface area (Å²) in [6.45, 7) is 8.17. The Kier molecular flexibility index (Phi) is 6.35. The lowest BCUT2D eigenvalue weighted by Crippen LogP contribution is -2.41. The number of anilines is 2. The second-order valence-corrected chi connectivity index (χ2v) is 8.29. The molecule has 4 rings (SSSR count). The number of hydrogen-bond acceptors (Lipinski definition) is 5. The van der Waals surface area contributed by atoms with E-state index in [1.54, 1.807) is 0 Å². The van der Waals surface area contributed by atoms with Gasteiger partial charge in [0.15, 0.2) is 5.82 Å². The van der Waals surface area contributed by atoms with E-state index in [2.05, 4.69) is 35.1 Å². The van der Waals surface area contributed by atoms with Crippen LogP contribution in [0.4, 0.5) is 11.5 Å². The average Bonchev–Trinajstić information content (AvgIpc) is 2.79. The first-order chi connectivity index (χ1) is 15.1. The summed E-state index contributed by atoms with van der Waals surface area (Å²) < 4.78 is 5.82. The minimum absolute atomic E-state index is 0.0597. The van der Waals surface area contributed by atoms with Crippen molar-refractivity contribution in [3.05, 3.63) is 54.1 Å². The molecular formula is C25H30N4O2. The molecule has 1 aliphatic heterocycles. The second-order valence-electron chi connectivity index (χ2n) is 8.29. The van der Waals surface area contributed by atoms with Gasteiger partial charge in [0.1, 0.15) is 0 Å². The standard InChI is InChI=1S/C25H30N4O2/c1-4-31-25-23(26-21-13-7-8-14-22(21)28-25)29-15-9-10-18(16-29)24(30)27-20-12-6-5-11-19(20)17(2)3/h5-8,11-14,17-18H,4,9-10,15-16H2,1-3H3,(H,27,30)/t18-/m1/s1. The molecule has 0 bridgehead atoms. The van der Waals surface area contributed by atoms with Crippen LogP contribution in [0.1, 0.15) is 45.1 Å². The van der Waals surface area contributed by atoms with Crippen LogP contribution < -0.4 is 15.0 Å². The number of carbonyl (C=O) groups excluding carboxylic acids is 1. The third-order valence-corrected chi connectivity index (χ3v) is 5.73. The molecule has 162 valence electrons. The van der Waals surface area contributed by atoms with Crippen molar-refractivity contribution >= 4 is 28.4 Å². The van der Waals surface area contributed by atoms with Gasteiger partial charge in [-0.15, -0.1) is 0 Å². The van der Waals surface area contributed by atoms with E-state index in [1.807, 2.05) is 49.4 Å². The fraction of sp³-hybridized carbons (Fsp3) is 0.400. The van der Waals surface area contributed by atoms with Crippen LogP contribution in [0.3, 0.4) is 0 Å². The van der Waals surface area contributed by atoms with E-state index in [1.165, 1.54) is 0 Å². The van der Waals surface area contributed by atoms with Crippen molar-refractivity contribution in [1.29, 1.82) is 0 Å². The SMILES string of the molecule is CCOc1nc2ccccc2nc1N1CCC[C@@H](C(=O)Nc2ccccc2C(C)C)C1. The Morgan fingerprint density at radius 3 is 2.58 bits per heavy atom. The molecule has 1 aromatic heterocycles. The van der Waals surface area contributed by atoms with Gasteiger partial charge in [-0.2, -0.15) is 0 Å². The van der Waals surface area contributed by atoms with Crippen LogP contribution >= 0.6 is 0 Å². The van der Waals surface area contributed by atoms with Crippen LogP contribution in [-0.4, -0.2) is 35.6 Å². The summed E-state index contributed by atoms with van der Waals surface area (Å²) in [7, 11) is 0. The van der Waals surface area contributed by atoms with Gasteiger partial charge in [-0.25, -0.2) is 9.97 Å². The number of fused-ring (bicyclic) bond motifs is 1. The summed E-state index contributed by atoms with van der Waals surface area (Å²) in [6.07, 6.45) is 1.78. The quantitative estimate of drug-likeness (QED) is 0.610. The first-order valence-corrected chi connectivity index (χ1v) is 11.1. The van der Waals surface area contributed by atoms with Gasteiger partial charge in [-0.05, 0) is 49.4 Å². The van der Waals surface area contributed by atoms with Crippen molar-refractivity contribution in [3.63, 3.8) is 0 Å². The molecule has 0 aliphatic carbocycles. The fourth-order valence-corrected chi connectivity index (χ4v) is 4.15. The Morgan fingerprint density at radius 1 is 1.13 bits per heavy atom. The highest BCUT2D eigenvalue weighted by Gasteiger charge is 2.29. The van der Waals surface area contributed by atoms with Gasteiger partial charge in [0.2, 0.25) is 5.91 Å². The number of aromatic nitrogens is 2. The molecule has 1 aliphatic rings. The maximum Gasteiger partial charge on any atom is 0.258 e. The Bertz CT molecular complexity index is 1070. The molecule has 1 atom stereocenters. The van der Waals surface area contributed by atoms with Crippen LogP contribution in [0.15, 0.2) is 48.5 Å². The molecule has 31 heavy (non-hydrogen) atoms. The largest absolute Gasteiger partial charge is 0.475 e. The predicted molar refractivity (Wildman–Crippen MR) is 125 cm³/mol. The normalized spacial score (nSPS) is 16.5. The van der Waals surface area contributed by atoms with Crippen molar-refractivity contribution < 1.29 is 9.53 Å². The van der Waals surface area contributed by atoms with Crippen LogP contribution in [0.25, 0.3) is 11.0 Å². The van der Waals surface area contributed by atoms with E-state index in [0.717, 1.165) is 47.5 Å². The van der Waals surface area contributed by atoms with Crippen LogP contribution in [0.2, 0.25) is 0 Å². The molecule has 1 amide bonds.